The van der Waals surface area contributed by atoms with E-state index in [1.807, 2.05) is 25.1 Å². The van der Waals surface area contributed by atoms with Crippen molar-refractivity contribution in [2.75, 3.05) is 5.32 Å². The van der Waals surface area contributed by atoms with Crippen LogP contribution in [-0.4, -0.2) is 6.36 Å². The van der Waals surface area contributed by atoms with Crippen LogP contribution >= 0.6 is 15.9 Å². The number of hydrogen-bond acceptors (Lipinski definition) is 2. The third-order valence-corrected chi connectivity index (χ3v) is 3.30. The average molecular weight is 360 g/mol. The number of benzene rings is 2. The Bertz CT molecular complexity index is 629. The Hall–Kier alpha value is -1.69. The van der Waals surface area contributed by atoms with Gasteiger partial charge in [0.1, 0.15) is 5.75 Å². The molecule has 0 bridgehead atoms. The van der Waals surface area contributed by atoms with Crippen molar-refractivity contribution >= 4 is 21.6 Å². The Morgan fingerprint density at radius 1 is 1.14 bits per heavy atom. The molecular formula is C15H13BrF3NO. The predicted octanol–water partition coefficient (Wildman–Crippen LogP) is 5.27. The summed E-state index contributed by atoms with van der Waals surface area (Å²) in [4.78, 5) is 0. The first-order chi connectivity index (χ1) is 9.83. The second-order valence-corrected chi connectivity index (χ2v) is 5.42. The maximum atomic E-state index is 12.2. The Balaban J connectivity index is 2.05. The van der Waals surface area contributed by atoms with E-state index in [4.69, 9.17) is 0 Å². The largest absolute Gasteiger partial charge is 0.573 e. The van der Waals surface area contributed by atoms with Crippen molar-refractivity contribution in [1.29, 1.82) is 0 Å². The highest BCUT2D eigenvalue weighted by atomic mass is 79.9. The molecule has 21 heavy (non-hydrogen) atoms. The van der Waals surface area contributed by atoms with Crippen LogP contribution in [0.3, 0.4) is 0 Å². The van der Waals surface area contributed by atoms with Crippen molar-refractivity contribution in [3.63, 3.8) is 0 Å². The van der Waals surface area contributed by atoms with E-state index >= 15 is 0 Å². The van der Waals surface area contributed by atoms with Crippen LogP contribution in [0.4, 0.5) is 18.9 Å². The van der Waals surface area contributed by atoms with Gasteiger partial charge in [-0.1, -0.05) is 28.1 Å². The first-order valence-corrected chi connectivity index (χ1v) is 6.97. The summed E-state index contributed by atoms with van der Waals surface area (Å²) in [5, 5.41) is 3.19. The van der Waals surface area contributed by atoms with Gasteiger partial charge in [-0.15, -0.1) is 13.2 Å². The van der Waals surface area contributed by atoms with Crippen LogP contribution in [0.25, 0.3) is 0 Å². The molecule has 2 aromatic rings. The summed E-state index contributed by atoms with van der Waals surface area (Å²) in [5.74, 6) is -0.214. The van der Waals surface area contributed by atoms with E-state index < -0.39 is 6.36 Å². The van der Waals surface area contributed by atoms with Gasteiger partial charge >= 0.3 is 6.36 Å². The van der Waals surface area contributed by atoms with Crippen LogP contribution in [0.15, 0.2) is 46.9 Å². The molecule has 0 aliphatic rings. The van der Waals surface area contributed by atoms with Gasteiger partial charge in [0.25, 0.3) is 0 Å². The molecule has 0 aliphatic heterocycles. The van der Waals surface area contributed by atoms with Gasteiger partial charge in [-0.05, 0) is 48.4 Å². The maximum absolute atomic E-state index is 12.2. The lowest BCUT2D eigenvalue weighted by molar-refractivity contribution is -0.274. The summed E-state index contributed by atoms with van der Waals surface area (Å²) < 4.78 is 41.4. The van der Waals surface area contributed by atoms with Gasteiger partial charge in [-0.3, -0.25) is 0 Å². The van der Waals surface area contributed by atoms with Crippen LogP contribution in [-0.2, 0) is 6.54 Å². The van der Waals surface area contributed by atoms with Gasteiger partial charge in [-0.2, -0.15) is 0 Å². The van der Waals surface area contributed by atoms with Crippen molar-refractivity contribution < 1.29 is 17.9 Å². The lowest BCUT2D eigenvalue weighted by Crippen LogP contribution is -2.17. The molecule has 0 unspecified atom stereocenters. The molecule has 0 saturated carbocycles. The van der Waals surface area contributed by atoms with Crippen LogP contribution in [0.1, 0.15) is 11.1 Å². The smallest absolute Gasteiger partial charge is 0.406 e. The van der Waals surface area contributed by atoms with Gasteiger partial charge in [0, 0.05) is 16.7 Å². The molecule has 0 fully saturated rings. The zero-order chi connectivity index (χ0) is 15.5. The van der Waals surface area contributed by atoms with Crippen molar-refractivity contribution in [2.24, 2.45) is 0 Å². The number of hydrogen-bond donors (Lipinski definition) is 1. The standard InChI is InChI=1S/C15H13BrF3NO/c1-10-7-12(16)5-6-14(10)20-9-11-3-2-4-13(8-11)21-15(17,18)19/h2-8,20H,9H2,1H3. The van der Waals surface area contributed by atoms with E-state index in [1.54, 1.807) is 6.07 Å². The zero-order valence-electron chi connectivity index (χ0n) is 11.2. The van der Waals surface area contributed by atoms with Gasteiger partial charge in [0.05, 0.1) is 0 Å². The van der Waals surface area contributed by atoms with Crippen molar-refractivity contribution in [3.8, 4) is 5.75 Å². The van der Waals surface area contributed by atoms with Crippen molar-refractivity contribution in [3.05, 3.63) is 58.1 Å². The lowest BCUT2D eigenvalue weighted by atomic mass is 10.1. The molecule has 0 amide bonds. The summed E-state index contributed by atoms with van der Waals surface area (Å²) in [7, 11) is 0. The summed E-state index contributed by atoms with van der Waals surface area (Å²) in [5.41, 5.74) is 2.69. The number of ether oxygens (including phenoxy) is 1. The molecule has 1 N–H and O–H groups in total. The fourth-order valence-electron chi connectivity index (χ4n) is 1.88. The third kappa shape index (κ3) is 4.97. The zero-order valence-corrected chi connectivity index (χ0v) is 12.8. The van der Waals surface area contributed by atoms with Crippen LogP contribution < -0.4 is 10.1 Å². The first kappa shape index (κ1) is 15.7. The van der Waals surface area contributed by atoms with Crippen molar-refractivity contribution in [2.45, 2.75) is 19.8 Å². The Morgan fingerprint density at radius 3 is 2.57 bits per heavy atom. The number of aryl methyl sites for hydroxylation is 1. The fraction of sp³-hybridized carbons (Fsp3) is 0.200. The molecule has 112 valence electrons. The molecule has 2 aromatic carbocycles. The molecular weight excluding hydrogens is 347 g/mol. The lowest BCUT2D eigenvalue weighted by Gasteiger charge is -2.12. The highest BCUT2D eigenvalue weighted by molar-refractivity contribution is 9.10. The number of nitrogens with one attached hydrogen (secondary N) is 1. The molecule has 0 aromatic heterocycles. The maximum Gasteiger partial charge on any atom is 0.573 e. The van der Waals surface area contributed by atoms with E-state index in [0.29, 0.717) is 12.1 Å². The first-order valence-electron chi connectivity index (χ1n) is 6.18. The molecule has 0 atom stereocenters. The van der Waals surface area contributed by atoms with Gasteiger partial charge in [0.2, 0.25) is 0 Å². The Labute approximate surface area is 129 Å². The quantitative estimate of drug-likeness (QED) is 0.802. The van der Waals surface area contributed by atoms with Gasteiger partial charge < -0.3 is 10.1 Å². The fourth-order valence-corrected chi connectivity index (χ4v) is 2.35. The number of halogens is 4. The third-order valence-electron chi connectivity index (χ3n) is 2.80. The number of rotatable bonds is 4. The van der Waals surface area contributed by atoms with E-state index in [0.717, 1.165) is 15.7 Å². The minimum atomic E-state index is -4.67. The van der Waals surface area contributed by atoms with Gasteiger partial charge in [-0.25, -0.2) is 0 Å². The molecule has 0 radical (unpaired) electrons. The monoisotopic (exact) mass is 359 g/mol. The Kier molecular flexibility index (Phi) is 4.77. The predicted molar refractivity (Wildman–Crippen MR) is 79.3 cm³/mol. The topological polar surface area (TPSA) is 21.3 Å². The second-order valence-electron chi connectivity index (χ2n) is 4.51. The summed E-state index contributed by atoms with van der Waals surface area (Å²) >= 11 is 3.38. The number of anilines is 1. The van der Waals surface area contributed by atoms with E-state index in [1.165, 1.54) is 18.2 Å². The van der Waals surface area contributed by atoms with Crippen LogP contribution in [0.2, 0.25) is 0 Å². The van der Waals surface area contributed by atoms with E-state index in [2.05, 4.69) is 26.0 Å². The summed E-state index contributed by atoms with van der Waals surface area (Å²) in [6, 6.07) is 11.7. The molecule has 0 aliphatic carbocycles. The van der Waals surface area contributed by atoms with Crippen molar-refractivity contribution in [1.82, 2.24) is 0 Å². The SMILES string of the molecule is Cc1cc(Br)ccc1NCc1cccc(OC(F)(F)F)c1. The molecule has 0 heterocycles. The molecule has 6 heteroatoms. The minimum Gasteiger partial charge on any atom is -0.406 e. The summed E-state index contributed by atoms with van der Waals surface area (Å²) in [6.45, 7) is 2.37. The normalized spacial score (nSPS) is 11.3. The molecule has 2 nitrogen and oxygen atoms in total. The van der Waals surface area contributed by atoms with E-state index in [9.17, 15) is 13.2 Å². The van der Waals surface area contributed by atoms with Crippen LogP contribution in [0.5, 0.6) is 5.75 Å². The van der Waals surface area contributed by atoms with Crippen LogP contribution in [0, 0.1) is 6.92 Å². The molecule has 2 rings (SSSR count). The Morgan fingerprint density at radius 2 is 1.90 bits per heavy atom. The molecule has 0 saturated heterocycles. The van der Waals surface area contributed by atoms with Gasteiger partial charge in [0.15, 0.2) is 0 Å². The highest BCUT2D eigenvalue weighted by Gasteiger charge is 2.31. The highest BCUT2D eigenvalue weighted by Crippen LogP contribution is 2.24. The number of alkyl halides is 3. The molecule has 0 spiro atoms. The second kappa shape index (κ2) is 6.39. The minimum absolute atomic E-state index is 0.214. The summed E-state index contributed by atoms with van der Waals surface area (Å²) in [6.07, 6.45) is -4.67. The van der Waals surface area contributed by atoms with E-state index in [-0.39, 0.29) is 5.75 Å². The average Bonchev–Trinajstić information content (AvgIpc) is 2.36.